The summed E-state index contributed by atoms with van der Waals surface area (Å²) in [6.45, 7) is 1.21. The van der Waals surface area contributed by atoms with Crippen LogP contribution in [0.1, 0.15) is 19.3 Å². The molecule has 1 aliphatic rings. The molecule has 1 fully saturated rings. The maximum absolute atomic E-state index is 13.7. The highest BCUT2D eigenvalue weighted by Crippen LogP contribution is 2.26. The van der Waals surface area contributed by atoms with Gasteiger partial charge in [0.15, 0.2) is 0 Å². The lowest BCUT2D eigenvalue weighted by atomic mass is 9.96. The zero-order valence-corrected chi connectivity index (χ0v) is 11.9. The molecule has 2 N–H and O–H groups in total. The lowest BCUT2D eigenvalue weighted by Crippen LogP contribution is -2.40. The van der Waals surface area contributed by atoms with Gasteiger partial charge in [-0.2, -0.15) is 4.31 Å². The van der Waals surface area contributed by atoms with Crippen LogP contribution in [0, 0.1) is 17.6 Å². The first-order valence-electron chi connectivity index (χ1n) is 6.60. The molecule has 1 saturated heterocycles. The molecule has 0 saturated carbocycles. The molecule has 0 spiro atoms. The maximum atomic E-state index is 13.7. The van der Waals surface area contributed by atoms with Gasteiger partial charge in [0.2, 0.25) is 10.0 Å². The van der Waals surface area contributed by atoms with Crippen molar-refractivity contribution in [3.05, 3.63) is 29.8 Å². The van der Waals surface area contributed by atoms with Crippen molar-refractivity contribution in [2.24, 2.45) is 11.7 Å². The molecule has 112 valence electrons. The second-order valence-corrected chi connectivity index (χ2v) is 6.93. The highest BCUT2D eigenvalue weighted by atomic mass is 32.2. The molecular weight excluding hydrogens is 286 g/mol. The van der Waals surface area contributed by atoms with Crippen molar-refractivity contribution < 1.29 is 17.2 Å². The van der Waals surface area contributed by atoms with E-state index in [2.05, 4.69) is 0 Å². The Labute approximate surface area is 117 Å². The molecule has 0 radical (unpaired) electrons. The van der Waals surface area contributed by atoms with Gasteiger partial charge in [-0.25, -0.2) is 17.2 Å². The summed E-state index contributed by atoms with van der Waals surface area (Å²) < 4.78 is 52.6. The Morgan fingerprint density at radius 1 is 1.35 bits per heavy atom. The standard InChI is InChI=1S/C13H18F2N2O2S/c14-11-3-4-13(12(15)8-11)20(18,19)17-7-1-2-10(9-17)5-6-16/h3-4,8,10H,1-2,5-7,9,16H2. The van der Waals surface area contributed by atoms with E-state index in [1.807, 2.05) is 0 Å². The van der Waals surface area contributed by atoms with Gasteiger partial charge >= 0.3 is 0 Å². The van der Waals surface area contributed by atoms with Crippen LogP contribution in [0.25, 0.3) is 0 Å². The van der Waals surface area contributed by atoms with Gasteiger partial charge < -0.3 is 5.73 Å². The van der Waals surface area contributed by atoms with Crippen LogP contribution in [0.4, 0.5) is 8.78 Å². The molecule has 7 heteroatoms. The number of nitrogens with two attached hydrogens (primary N) is 1. The first-order valence-corrected chi connectivity index (χ1v) is 8.04. The van der Waals surface area contributed by atoms with E-state index in [1.54, 1.807) is 0 Å². The molecule has 0 aromatic heterocycles. The van der Waals surface area contributed by atoms with Crippen LogP contribution in [-0.2, 0) is 10.0 Å². The maximum Gasteiger partial charge on any atom is 0.245 e. The van der Waals surface area contributed by atoms with Crippen molar-refractivity contribution in [3.8, 4) is 0 Å². The molecule has 2 rings (SSSR count). The van der Waals surface area contributed by atoms with E-state index in [9.17, 15) is 17.2 Å². The molecule has 0 amide bonds. The fourth-order valence-electron chi connectivity index (χ4n) is 2.54. The number of halogens is 2. The summed E-state index contributed by atoms with van der Waals surface area (Å²) in [6, 6.07) is 2.53. The average Bonchev–Trinajstić information content (AvgIpc) is 2.39. The lowest BCUT2D eigenvalue weighted by Gasteiger charge is -2.31. The zero-order valence-electron chi connectivity index (χ0n) is 11.1. The lowest BCUT2D eigenvalue weighted by molar-refractivity contribution is 0.257. The normalized spacial score (nSPS) is 21.1. The Kier molecular flexibility index (Phi) is 4.72. The summed E-state index contributed by atoms with van der Waals surface area (Å²) in [6.07, 6.45) is 2.40. The van der Waals surface area contributed by atoms with Gasteiger partial charge in [-0.15, -0.1) is 0 Å². The zero-order chi connectivity index (χ0) is 14.8. The largest absolute Gasteiger partial charge is 0.330 e. The molecular formula is C13H18F2N2O2S. The van der Waals surface area contributed by atoms with E-state index in [1.165, 1.54) is 4.31 Å². The Hall–Kier alpha value is -1.05. The van der Waals surface area contributed by atoms with Gasteiger partial charge in [0.25, 0.3) is 0 Å². The third-order valence-electron chi connectivity index (χ3n) is 3.57. The van der Waals surface area contributed by atoms with Gasteiger partial charge in [-0.3, -0.25) is 0 Å². The van der Waals surface area contributed by atoms with Gasteiger partial charge in [0.05, 0.1) is 0 Å². The third kappa shape index (κ3) is 3.16. The smallest absolute Gasteiger partial charge is 0.245 e. The minimum absolute atomic E-state index is 0.201. The molecule has 1 atom stereocenters. The van der Waals surface area contributed by atoms with E-state index in [0.29, 0.717) is 25.7 Å². The first-order chi connectivity index (χ1) is 9.45. The summed E-state index contributed by atoms with van der Waals surface area (Å²) in [5.41, 5.74) is 5.50. The van der Waals surface area contributed by atoms with Gasteiger partial charge in [-0.05, 0) is 43.9 Å². The van der Waals surface area contributed by atoms with Gasteiger partial charge in [0.1, 0.15) is 16.5 Å². The monoisotopic (exact) mass is 304 g/mol. The van der Waals surface area contributed by atoms with Crippen LogP contribution in [0.2, 0.25) is 0 Å². The quantitative estimate of drug-likeness (QED) is 0.921. The van der Waals surface area contributed by atoms with Crippen LogP contribution in [0.15, 0.2) is 23.1 Å². The number of benzene rings is 1. The van der Waals surface area contributed by atoms with Crippen molar-refractivity contribution >= 4 is 10.0 Å². The number of sulfonamides is 1. The summed E-state index contributed by atoms with van der Waals surface area (Å²) in [4.78, 5) is -0.465. The van der Waals surface area contributed by atoms with Crippen LogP contribution in [0.5, 0.6) is 0 Å². The van der Waals surface area contributed by atoms with E-state index in [4.69, 9.17) is 5.73 Å². The first kappa shape index (κ1) is 15.3. The van der Waals surface area contributed by atoms with E-state index in [0.717, 1.165) is 31.4 Å². The SMILES string of the molecule is NCCC1CCCN(S(=O)(=O)c2ccc(F)cc2F)C1. The molecule has 1 heterocycles. The van der Waals surface area contributed by atoms with Crippen molar-refractivity contribution in [2.75, 3.05) is 19.6 Å². The van der Waals surface area contributed by atoms with Crippen molar-refractivity contribution in [2.45, 2.75) is 24.2 Å². The molecule has 1 aromatic carbocycles. The molecule has 1 unspecified atom stereocenters. The predicted molar refractivity (Wildman–Crippen MR) is 71.5 cm³/mol. The molecule has 1 aromatic rings. The fraction of sp³-hybridized carbons (Fsp3) is 0.538. The highest BCUT2D eigenvalue weighted by Gasteiger charge is 2.31. The van der Waals surface area contributed by atoms with Crippen LogP contribution < -0.4 is 5.73 Å². The Bertz CT molecular complexity index is 576. The van der Waals surface area contributed by atoms with Crippen LogP contribution in [0.3, 0.4) is 0 Å². The predicted octanol–water partition coefficient (Wildman–Crippen LogP) is 1.71. The Morgan fingerprint density at radius 2 is 2.10 bits per heavy atom. The van der Waals surface area contributed by atoms with Crippen LogP contribution in [-0.4, -0.2) is 32.4 Å². The number of hydrogen-bond acceptors (Lipinski definition) is 3. The molecule has 20 heavy (non-hydrogen) atoms. The summed E-state index contributed by atoms with van der Waals surface area (Å²) in [7, 11) is -3.91. The highest BCUT2D eigenvalue weighted by molar-refractivity contribution is 7.89. The summed E-state index contributed by atoms with van der Waals surface area (Å²) in [5.74, 6) is -1.64. The van der Waals surface area contributed by atoms with E-state index < -0.39 is 26.6 Å². The van der Waals surface area contributed by atoms with Gasteiger partial charge in [0, 0.05) is 19.2 Å². The Balaban J connectivity index is 2.25. The number of piperidine rings is 1. The summed E-state index contributed by atoms with van der Waals surface area (Å²) in [5, 5.41) is 0. The summed E-state index contributed by atoms with van der Waals surface area (Å²) >= 11 is 0. The minimum atomic E-state index is -3.91. The van der Waals surface area contributed by atoms with E-state index in [-0.39, 0.29) is 5.92 Å². The third-order valence-corrected chi connectivity index (χ3v) is 5.47. The Morgan fingerprint density at radius 3 is 2.75 bits per heavy atom. The van der Waals surface area contributed by atoms with Crippen molar-refractivity contribution in [1.82, 2.24) is 4.31 Å². The van der Waals surface area contributed by atoms with Gasteiger partial charge in [-0.1, -0.05) is 0 Å². The molecule has 4 nitrogen and oxygen atoms in total. The average molecular weight is 304 g/mol. The number of rotatable bonds is 4. The fourth-order valence-corrected chi connectivity index (χ4v) is 4.14. The number of hydrogen-bond donors (Lipinski definition) is 1. The minimum Gasteiger partial charge on any atom is -0.330 e. The van der Waals surface area contributed by atoms with E-state index >= 15 is 0 Å². The second kappa shape index (κ2) is 6.15. The van der Waals surface area contributed by atoms with Crippen molar-refractivity contribution in [3.63, 3.8) is 0 Å². The molecule has 1 aliphatic heterocycles. The second-order valence-electron chi connectivity index (χ2n) is 5.02. The van der Waals surface area contributed by atoms with Crippen molar-refractivity contribution in [1.29, 1.82) is 0 Å². The number of nitrogens with zero attached hydrogens (tertiary/aromatic N) is 1. The van der Waals surface area contributed by atoms with Crippen LogP contribution >= 0.6 is 0 Å². The molecule has 0 aliphatic carbocycles. The molecule has 0 bridgehead atoms. The topological polar surface area (TPSA) is 63.4 Å².